The fraction of sp³-hybridized carbons (Fsp3) is 0.667. The third kappa shape index (κ3) is 5.47. The van der Waals surface area contributed by atoms with E-state index in [4.69, 9.17) is 9.47 Å². The van der Waals surface area contributed by atoms with Crippen LogP contribution in [-0.4, -0.2) is 54.7 Å². The second-order valence-electron chi connectivity index (χ2n) is 7.97. The van der Waals surface area contributed by atoms with Gasteiger partial charge in [-0.15, -0.1) is 6.26 Å². The fourth-order valence-electron chi connectivity index (χ4n) is 3.98. The van der Waals surface area contributed by atoms with Gasteiger partial charge in [-0.1, -0.05) is 30.3 Å². The van der Waals surface area contributed by atoms with Crippen LogP contribution in [0.3, 0.4) is 0 Å². The first-order valence-corrected chi connectivity index (χ1v) is 11.6. The zero-order valence-corrected chi connectivity index (χ0v) is 17.8. The van der Waals surface area contributed by atoms with E-state index in [1.54, 1.807) is 11.2 Å². The highest BCUT2D eigenvalue weighted by Crippen LogP contribution is 2.39. The van der Waals surface area contributed by atoms with Crippen molar-refractivity contribution in [3.05, 3.63) is 35.9 Å². The summed E-state index contributed by atoms with van der Waals surface area (Å²) in [5.41, 5.74) is 1.36. The van der Waals surface area contributed by atoms with Crippen molar-refractivity contribution < 1.29 is 18.5 Å². The Morgan fingerprint density at radius 1 is 1.29 bits per heavy atom. The lowest BCUT2D eigenvalue weighted by atomic mass is 9.77. The first kappa shape index (κ1) is 21.1. The molecular formula is C21H31N2O4S-. The lowest BCUT2D eigenvalue weighted by Gasteiger charge is -2.42. The van der Waals surface area contributed by atoms with Crippen molar-refractivity contribution in [3.63, 3.8) is 0 Å². The highest BCUT2D eigenvalue weighted by Gasteiger charge is 2.37. The Kier molecular flexibility index (Phi) is 7.35. The van der Waals surface area contributed by atoms with E-state index in [-0.39, 0.29) is 30.4 Å². The van der Waals surface area contributed by atoms with Crippen molar-refractivity contribution in [2.75, 3.05) is 19.4 Å². The van der Waals surface area contributed by atoms with Crippen LogP contribution in [0.25, 0.3) is 0 Å². The van der Waals surface area contributed by atoms with Gasteiger partial charge in [-0.05, 0) is 51.0 Å². The summed E-state index contributed by atoms with van der Waals surface area (Å²) in [6, 6.07) is 10.1. The molecule has 1 saturated carbocycles. The molecule has 2 fully saturated rings. The number of carbonyl (C=O) groups excluding carboxylic acids is 1. The molecule has 1 aromatic rings. The number of hydrogen-bond donors (Lipinski definition) is 0. The second kappa shape index (κ2) is 9.74. The maximum absolute atomic E-state index is 12.5. The van der Waals surface area contributed by atoms with Gasteiger partial charge in [0.15, 0.2) is 0 Å². The molecule has 2 aliphatic rings. The van der Waals surface area contributed by atoms with Crippen LogP contribution >= 0.6 is 0 Å². The first-order chi connectivity index (χ1) is 13.4. The Hall–Kier alpha value is -1.60. The van der Waals surface area contributed by atoms with E-state index in [0.29, 0.717) is 19.1 Å². The normalized spacial score (nSPS) is 28.8. The van der Waals surface area contributed by atoms with E-state index < -0.39 is 10.6 Å². The number of amides is 1. The molecule has 0 bridgehead atoms. The lowest BCUT2D eigenvalue weighted by molar-refractivity contribution is -0.0486. The van der Waals surface area contributed by atoms with Crippen LogP contribution in [0.1, 0.15) is 51.0 Å². The third-order valence-electron chi connectivity index (χ3n) is 5.47. The minimum absolute atomic E-state index is 0.176. The van der Waals surface area contributed by atoms with Gasteiger partial charge in [0.1, 0.15) is 0 Å². The van der Waals surface area contributed by atoms with Crippen LogP contribution in [0, 0.1) is 0 Å². The molecule has 28 heavy (non-hydrogen) atoms. The summed E-state index contributed by atoms with van der Waals surface area (Å²) >= 11 is 0. The van der Waals surface area contributed by atoms with Gasteiger partial charge < -0.3 is 22.9 Å². The van der Waals surface area contributed by atoms with E-state index in [0.717, 1.165) is 25.7 Å². The highest BCUT2D eigenvalue weighted by molar-refractivity contribution is 7.74. The number of likely N-dealkylation sites (tertiary alicyclic amines) is 1. The minimum Gasteiger partial charge on any atom is -0.447 e. The predicted molar refractivity (Wildman–Crippen MR) is 110 cm³/mol. The predicted octanol–water partition coefficient (Wildman–Crippen LogP) is 4.10. The molecule has 0 aromatic heterocycles. The molecule has 1 heterocycles. The molecule has 3 rings (SSSR count). The van der Waals surface area contributed by atoms with Crippen molar-refractivity contribution >= 4 is 16.7 Å². The second-order valence-corrected chi connectivity index (χ2v) is 9.02. The fourth-order valence-corrected chi connectivity index (χ4v) is 4.61. The zero-order chi connectivity index (χ0) is 20.1. The van der Waals surface area contributed by atoms with E-state index in [1.165, 1.54) is 5.56 Å². The molecule has 0 radical (unpaired) electrons. The van der Waals surface area contributed by atoms with E-state index in [9.17, 15) is 9.00 Å². The molecule has 1 aromatic carbocycles. The minimum atomic E-state index is -1.26. The first-order valence-electron chi connectivity index (χ1n) is 10.1. The Labute approximate surface area is 169 Å². The Bertz CT molecular complexity index is 727. The Morgan fingerprint density at radius 2 is 2.00 bits per heavy atom. The van der Waals surface area contributed by atoms with Crippen LogP contribution in [0.2, 0.25) is 0 Å². The van der Waals surface area contributed by atoms with Crippen molar-refractivity contribution in [1.29, 1.82) is 0 Å². The topological polar surface area (TPSA) is 68.2 Å². The Morgan fingerprint density at radius 3 is 2.64 bits per heavy atom. The summed E-state index contributed by atoms with van der Waals surface area (Å²) in [6.45, 7) is 4.72. The zero-order valence-electron chi connectivity index (χ0n) is 17.0. The van der Waals surface area contributed by atoms with Crippen LogP contribution in [0.5, 0.6) is 0 Å². The average molecular weight is 408 g/mol. The quantitative estimate of drug-likeness (QED) is 0.666. The number of hydrogen-bond acceptors (Lipinski definition) is 6. The maximum Gasteiger partial charge on any atom is 0.410 e. The van der Waals surface area contributed by atoms with Gasteiger partial charge in [0.2, 0.25) is 0 Å². The number of carbonyl (C=O) groups is 1. The molecule has 0 spiro atoms. The summed E-state index contributed by atoms with van der Waals surface area (Å²) in [5.74, 6) is 0.545. The number of benzene rings is 1. The summed E-state index contributed by atoms with van der Waals surface area (Å²) < 4.78 is 27.6. The van der Waals surface area contributed by atoms with Gasteiger partial charge in [-0.3, -0.25) is 0 Å². The van der Waals surface area contributed by atoms with E-state index in [2.05, 4.69) is 28.6 Å². The molecule has 0 N–H and O–H groups in total. The molecule has 1 amide bonds. The molecule has 6 nitrogen and oxygen atoms in total. The monoisotopic (exact) mass is 407 g/mol. The van der Waals surface area contributed by atoms with Gasteiger partial charge in [-0.25, -0.2) is 4.79 Å². The van der Waals surface area contributed by atoms with Crippen molar-refractivity contribution in [2.24, 2.45) is 4.36 Å². The molecule has 156 valence electrons. The maximum atomic E-state index is 12.5. The van der Waals surface area contributed by atoms with Crippen molar-refractivity contribution in [2.45, 2.75) is 69.7 Å². The van der Waals surface area contributed by atoms with E-state index >= 15 is 0 Å². The third-order valence-corrected chi connectivity index (χ3v) is 6.03. The number of rotatable bonds is 6. The average Bonchev–Trinajstić information content (AvgIpc) is 2.61. The molecule has 1 aliphatic heterocycles. The molecular weight excluding hydrogens is 376 g/mol. The van der Waals surface area contributed by atoms with Crippen molar-refractivity contribution in [3.8, 4) is 0 Å². The Balaban J connectivity index is 1.60. The largest absolute Gasteiger partial charge is 0.447 e. The molecule has 2 atom stereocenters. The smallest absolute Gasteiger partial charge is 0.410 e. The standard InChI is InChI=1S/C21H31N2O4S/c1-15(2)27-21(24)23-11-7-10-19(22-28(3)25)20(23)14-26-18-12-17(13-18)16-8-5-4-6-9-16/h4-6,8-9,15,17-20H,7,10-14H2,1-3H3/q-1/t17?,18?,19-,20-/m0/s1. The summed E-state index contributed by atoms with van der Waals surface area (Å²) in [4.78, 5) is 14.3. The van der Waals surface area contributed by atoms with Crippen LogP contribution in [-0.2, 0) is 24.3 Å². The number of nitrogens with zero attached hydrogens (tertiary/aromatic N) is 2. The lowest BCUT2D eigenvalue weighted by Crippen LogP contribution is -2.54. The van der Waals surface area contributed by atoms with Gasteiger partial charge in [0, 0.05) is 12.6 Å². The van der Waals surface area contributed by atoms with Gasteiger partial charge in [-0.2, -0.15) is 10.6 Å². The SMILES string of the molecule is CC(C)OC(=O)N1CCC[C@H](N=[S-](C)=O)[C@@H]1COC1CC(c2ccccc2)C1. The number of piperidine rings is 1. The summed E-state index contributed by atoms with van der Waals surface area (Å²) in [6.07, 6.45) is 4.89. The van der Waals surface area contributed by atoms with Crippen LogP contribution < -0.4 is 0 Å². The molecule has 1 aliphatic carbocycles. The molecule has 0 unspecified atom stereocenters. The van der Waals surface area contributed by atoms with Crippen LogP contribution in [0.4, 0.5) is 4.79 Å². The molecule has 1 saturated heterocycles. The van der Waals surface area contributed by atoms with Crippen LogP contribution in [0.15, 0.2) is 34.7 Å². The van der Waals surface area contributed by atoms with Gasteiger partial charge in [0.05, 0.1) is 24.9 Å². The summed E-state index contributed by atoms with van der Waals surface area (Å²) in [7, 11) is -1.26. The number of ether oxygens (including phenoxy) is 2. The summed E-state index contributed by atoms with van der Waals surface area (Å²) in [5, 5.41) is 0. The van der Waals surface area contributed by atoms with Crippen molar-refractivity contribution in [1.82, 2.24) is 4.90 Å². The van der Waals surface area contributed by atoms with Gasteiger partial charge in [0.25, 0.3) is 0 Å². The highest BCUT2D eigenvalue weighted by atomic mass is 32.2. The molecule has 7 heteroatoms. The van der Waals surface area contributed by atoms with E-state index in [1.807, 2.05) is 19.9 Å². The van der Waals surface area contributed by atoms with Gasteiger partial charge >= 0.3 is 6.09 Å².